The number of amides is 1. The van der Waals surface area contributed by atoms with Gasteiger partial charge in [-0.15, -0.1) is 0 Å². The van der Waals surface area contributed by atoms with Crippen molar-refractivity contribution >= 4 is 12.1 Å². The minimum absolute atomic E-state index is 0.0651. The molecule has 6 nitrogen and oxygen atoms in total. The highest BCUT2D eigenvalue weighted by molar-refractivity contribution is 5.80. The highest BCUT2D eigenvalue weighted by Gasteiger charge is 2.37. The van der Waals surface area contributed by atoms with Crippen molar-refractivity contribution in [3.8, 4) is 0 Å². The highest BCUT2D eigenvalue weighted by Crippen LogP contribution is 2.29. The lowest BCUT2D eigenvalue weighted by atomic mass is 10.1. The number of piperazine rings is 1. The maximum Gasteiger partial charge on any atom is 0.416 e. The fourth-order valence-electron chi connectivity index (χ4n) is 2.79. The lowest BCUT2D eigenvalue weighted by Gasteiger charge is -2.39. The van der Waals surface area contributed by atoms with Crippen LogP contribution in [0.5, 0.6) is 0 Å². The molecule has 0 aromatic heterocycles. The molecule has 0 unspecified atom stereocenters. The Hall–Kier alpha value is -2.29. The highest BCUT2D eigenvalue weighted by atomic mass is 19.4. The molecule has 1 amide bonds. The molecule has 1 atom stereocenters. The Labute approximate surface area is 155 Å². The van der Waals surface area contributed by atoms with Gasteiger partial charge < -0.3 is 9.84 Å². The molecule has 1 aromatic rings. The van der Waals surface area contributed by atoms with Gasteiger partial charge in [-0.05, 0) is 38.5 Å². The summed E-state index contributed by atoms with van der Waals surface area (Å²) in [7, 11) is 0. The average molecular weight is 388 g/mol. The van der Waals surface area contributed by atoms with Crippen LogP contribution in [0.25, 0.3) is 0 Å². The first-order chi connectivity index (χ1) is 12.4. The van der Waals surface area contributed by atoms with E-state index in [1.807, 2.05) is 0 Å². The third kappa shape index (κ3) is 5.85. The van der Waals surface area contributed by atoms with Gasteiger partial charge in [0, 0.05) is 26.2 Å². The number of carboxylic acid groups (broad SMARTS) is 1. The lowest BCUT2D eigenvalue weighted by Crippen LogP contribution is -2.58. The Bertz CT molecular complexity index is 683. The molecule has 27 heavy (non-hydrogen) atoms. The van der Waals surface area contributed by atoms with E-state index in [1.165, 1.54) is 17.0 Å². The molecular weight excluding hydrogens is 365 g/mol. The number of hydrogen-bond acceptors (Lipinski definition) is 4. The summed E-state index contributed by atoms with van der Waals surface area (Å²) >= 11 is 0. The van der Waals surface area contributed by atoms with Gasteiger partial charge in [-0.3, -0.25) is 9.80 Å². The van der Waals surface area contributed by atoms with Crippen LogP contribution in [0.15, 0.2) is 24.3 Å². The number of carbonyl (C=O) groups is 2. The van der Waals surface area contributed by atoms with E-state index in [4.69, 9.17) is 4.74 Å². The van der Waals surface area contributed by atoms with Gasteiger partial charge in [-0.1, -0.05) is 12.1 Å². The van der Waals surface area contributed by atoms with Crippen molar-refractivity contribution in [2.45, 2.75) is 45.1 Å². The molecule has 1 heterocycles. The Morgan fingerprint density at radius 3 is 2.22 bits per heavy atom. The summed E-state index contributed by atoms with van der Waals surface area (Å²) in [6.07, 6.45) is -5.09. The van der Waals surface area contributed by atoms with Gasteiger partial charge >= 0.3 is 18.2 Å². The van der Waals surface area contributed by atoms with Crippen molar-refractivity contribution in [1.29, 1.82) is 0 Å². The second kappa shape index (κ2) is 7.75. The third-order valence-corrected chi connectivity index (χ3v) is 4.06. The summed E-state index contributed by atoms with van der Waals surface area (Å²) in [6, 6.07) is 3.67. The summed E-state index contributed by atoms with van der Waals surface area (Å²) in [4.78, 5) is 26.8. The first kappa shape index (κ1) is 21.0. The number of rotatable bonds is 3. The zero-order valence-electron chi connectivity index (χ0n) is 15.4. The van der Waals surface area contributed by atoms with Gasteiger partial charge in [0.2, 0.25) is 0 Å². The molecule has 9 heteroatoms. The predicted molar refractivity (Wildman–Crippen MR) is 91.1 cm³/mol. The van der Waals surface area contributed by atoms with E-state index in [2.05, 4.69) is 0 Å². The van der Waals surface area contributed by atoms with Crippen LogP contribution in [-0.2, 0) is 22.3 Å². The van der Waals surface area contributed by atoms with E-state index < -0.39 is 35.4 Å². The fourth-order valence-corrected chi connectivity index (χ4v) is 2.79. The number of alkyl halides is 3. The van der Waals surface area contributed by atoms with Crippen LogP contribution in [0.3, 0.4) is 0 Å². The minimum atomic E-state index is -4.40. The molecule has 0 bridgehead atoms. The fraction of sp³-hybridized carbons (Fsp3) is 0.556. The average Bonchev–Trinajstić information content (AvgIpc) is 2.52. The summed E-state index contributed by atoms with van der Waals surface area (Å²) in [5.74, 6) is -1.15. The molecule has 1 aliphatic heterocycles. The Kier molecular flexibility index (Phi) is 6.04. The van der Waals surface area contributed by atoms with Crippen molar-refractivity contribution in [3.63, 3.8) is 0 Å². The number of hydrogen-bond donors (Lipinski definition) is 1. The molecule has 0 radical (unpaired) electrons. The van der Waals surface area contributed by atoms with E-state index in [9.17, 15) is 27.9 Å². The number of nitrogens with zero attached hydrogens (tertiary/aromatic N) is 2. The van der Waals surface area contributed by atoms with Crippen LogP contribution in [0, 0.1) is 0 Å². The maximum absolute atomic E-state index is 12.6. The minimum Gasteiger partial charge on any atom is -0.480 e. The third-order valence-electron chi connectivity index (χ3n) is 4.06. The van der Waals surface area contributed by atoms with E-state index in [-0.39, 0.29) is 13.1 Å². The SMILES string of the molecule is CC(C)(C)OC(=O)N1CCN(Cc2ccc(C(F)(F)F)cc2)C[C@@H]1C(=O)O. The van der Waals surface area contributed by atoms with Crippen LogP contribution < -0.4 is 0 Å². The number of carboxylic acids is 1. The smallest absolute Gasteiger partial charge is 0.416 e. The monoisotopic (exact) mass is 388 g/mol. The molecule has 1 aliphatic rings. The van der Waals surface area contributed by atoms with Crippen molar-refractivity contribution in [1.82, 2.24) is 9.80 Å². The van der Waals surface area contributed by atoms with Gasteiger partial charge in [0.1, 0.15) is 11.6 Å². The first-order valence-corrected chi connectivity index (χ1v) is 8.48. The molecular formula is C18H23F3N2O4. The van der Waals surface area contributed by atoms with Crippen LogP contribution in [0.1, 0.15) is 31.9 Å². The molecule has 150 valence electrons. The summed E-state index contributed by atoms with van der Waals surface area (Å²) < 4.78 is 43.1. The van der Waals surface area contributed by atoms with Gasteiger partial charge in [0.05, 0.1) is 5.56 Å². The number of benzene rings is 1. The summed E-state index contributed by atoms with van der Waals surface area (Å²) in [5, 5.41) is 9.46. The van der Waals surface area contributed by atoms with E-state index in [1.54, 1.807) is 25.7 Å². The lowest BCUT2D eigenvalue weighted by molar-refractivity contribution is -0.145. The van der Waals surface area contributed by atoms with E-state index in [0.29, 0.717) is 18.7 Å². The van der Waals surface area contributed by atoms with Crippen LogP contribution in [0.4, 0.5) is 18.0 Å². The zero-order chi connectivity index (χ0) is 20.4. The Balaban J connectivity index is 2.04. The van der Waals surface area contributed by atoms with Crippen molar-refractivity contribution in [2.24, 2.45) is 0 Å². The molecule has 0 saturated carbocycles. The molecule has 0 spiro atoms. The molecule has 1 fully saturated rings. The second-order valence-electron chi connectivity index (χ2n) is 7.46. The number of ether oxygens (including phenoxy) is 1. The summed E-state index contributed by atoms with van der Waals surface area (Å²) in [5.41, 5.74) is -0.834. The van der Waals surface area contributed by atoms with Crippen molar-refractivity contribution in [2.75, 3.05) is 19.6 Å². The van der Waals surface area contributed by atoms with Gasteiger partial charge in [0.15, 0.2) is 0 Å². The Morgan fingerprint density at radius 1 is 1.15 bits per heavy atom. The predicted octanol–water partition coefficient (Wildman–Crippen LogP) is 3.21. The van der Waals surface area contributed by atoms with Crippen LogP contribution >= 0.6 is 0 Å². The molecule has 0 aliphatic carbocycles. The summed E-state index contributed by atoms with van der Waals surface area (Å²) in [6.45, 7) is 6.00. The van der Waals surface area contributed by atoms with Crippen molar-refractivity contribution < 1.29 is 32.6 Å². The quantitative estimate of drug-likeness (QED) is 0.861. The van der Waals surface area contributed by atoms with Crippen LogP contribution in [-0.4, -0.2) is 58.2 Å². The molecule has 1 N–H and O–H groups in total. The van der Waals surface area contributed by atoms with Gasteiger partial charge in [-0.2, -0.15) is 13.2 Å². The first-order valence-electron chi connectivity index (χ1n) is 8.48. The molecule has 1 aromatic carbocycles. The second-order valence-corrected chi connectivity index (χ2v) is 7.46. The zero-order valence-corrected chi connectivity index (χ0v) is 15.4. The Morgan fingerprint density at radius 2 is 1.74 bits per heavy atom. The van der Waals surface area contributed by atoms with Crippen LogP contribution in [0.2, 0.25) is 0 Å². The molecule has 2 rings (SSSR count). The largest absolute Gasteiger partial charge is 0.480 e. The van der Waals surface area contributed by atoms with Gasteiger partial charge in [-0.25, -0.2) is 9.59 Å². The standard InChI is InChI=1S/C18H23F3N2O4/c1-17(2,3)27-16(26)23-9-8-22(11-14(23)15(24)25)10-12-4-6-13(7-5-12)18(19,20)21/h4-7,14H,8-11H2,1-3H3,(H,24,25)/t14-/m1/s1. The normalized spacial score (nSPS) is 19.0. The topological polar surface area (TPSA) is 70.1 Å². The number of carbonyl (C=O) groups excluding carboxylic acids is 1. The van der Waals surface area contributed by atoms with Gasteiger partial charge in [0.25, 0.3) is 0 Å². The van der Waals surface area contributed by atoms with Crippen molar-refractivity contribution in [3.05, 3.63) is 35.4 Å². The maximum atomic E-state index is 12.6. The van der Waals surface area contributed by atoms with E-state index in [0.717, 1.165) is 12.1 Å². The number of aliphatic carboxylic acids is 1. The number of halogens is 3. The molecule has 1 saturated heterocycles. The van der Waals surface area contributed by atoms with E-state index >= 15 is 0 Å².